The number of carbonyl (C=O) groups excluding carboxylic acids is 1. The molecule has 1 fully saturated rings. The number of urea groups is 1. The molecule has 1 aliphatic carbocycles. The van der Waals surface area contributed by atoms with Gasteiger partial charge in [0.25, 0.3) is 0 Å². The Morgan fingerprint density at radius 2 is 1.74 bits per heavy atom. The van der Waals surface area contributed by atoms with Crippen molar-refractivity contribution in [3.63, 3.8) is 0 Å². The van der Waals surface area contributed by atoms with Crippen molar-refractivity contribution in [1.29, 1.82) is 0 Å². The van der Waals surface area contributed by atoms with E-state index in [1.165, 1.54) is 5.56 Å². The fourth-order valence-corrected chi connectivity index (χ4v) is 2.79. The number of anilines is 1. The average Bonchev–Trinajstić information content (AvgIpc) is 2.54. The maximum absolute atomic E-state index is 12.1. The lowest BCUT2D eigenvalue weighted by Crippen LogP contribution is -2.48. The molecule has 3 N–H and O–H groups in total. The number of amides is 2. The van der Waals surface area contributed by atoms with Crippen molar-refractivity contribution in [2.45, 2.75) is 31.3 Å². The normalized spacial score (nSPS) is 15.5. The summed E-state index contributed by atoms with van der Waals surface area (Å²) in [4.78, 5) is 12.1. The van der Waals surface area contributed by atoms with Gasteiger partial charge < -0.3 is 15.7 Å². The molecule has 3 rings (SSSR count). The van der Waals surface area contributed by atoms with E-state index in [2.05, 4.69) is 22.8 Å². The van der Waals surface area contributed by atoms with Crippen molar-refractivity contribution < 1.29 is 9.90 Å². The van der Waals surface area contributed by atoms with Crippen molar-refractivity contribution >= 4 is 11.7 Å². The summed E-state index contributed by atoms with van der Waals surface area (Å²) in [5, 5.41) is 15.7. The van der Waals surface area contributed by atoms with Gasteiger partial charge in [-0.05, 0) is 42.9 Å². The van der Waals surface area contributed by atoms with Crippen molar-refractivity contribution in [3.05, 3.63) is 65.7 Å². The van der Waals surface area contributed by atoms with Gasteiger partial charge in [0.15, 0.2) is 0 Å². The summed E-state index contributed by atoms with van der Waals surface area (Å²) >= 11 is 0. The summed E-state index contributed by atoms with van der Waals surface area (Å²) in [7, 11) is 0. The van der Waals surface area contributed by atoms with Gasteiger partial charge in [0, 0.05) is 12.2 Å². The van der Waals surface area contributed by atoms with Gasteiger partial charge in [0.05, 0.1) is 5.60 Å². The first kappa shape index (κ1) is 15.6. The fraction of sp³-hybridized carbons (Fsp3) is 0.316. The minimum Gasteiger partial charge on any atom is -0.388 e. The predicted octanol–water partition coefficient (Wildman–Crippen LogP) is 3.31. The Bertz CT molecular complexity index is 666. The summed E-state index contributed by atoms with van der Waals surface area (Å²) in [6.07, 6.45) is 3.32. The van der Waals surface area contributed by atoms with Crippen LogP contribution in [0.4, 0.5) is 10.5 Å². The lowest BCUT2D eigenvalue weighted by Gasteiger charge is -2.36. The molecule has 4 nitrogen and oxygen atoms in total. The second kappa shape index (κ2) is 6.84. The van der Waals surface area contributed by atoms with Gasteiger partial charge in [-0.3, -0.25) is 0 Å². The van der Waals surface area contributed by atoms with Crippen LogP contribution in [0.1, 0.15) is 30.4 Å². The number of hydrogen-bond acceptors (Lipinski definition) is 2. The van der Waals surface area contributed by atoms with Crippen LogP contribution in [0.3, 0.4) is 0 Å². The standard InChI is InChI=1S/C19H22N2O2/c22-18(20-14-19(23)11-6-12-19)21-17-10-5-4-9-16(17)13-15-7-2-1-3-8-15/h1-5,7-10,23H,6,11-14H2,(H2,20,21,22). The molecule has 120 valence electrons. The molecule has 1 aliphatic rings. The van der Waals surface area contributed by atoms with Crippen molar-refractivity contribution in [1.82, 2.24) is 5.32 Å². The first-order chi connectivity index (χ1) is 11.1. The van der Waals surface area contributed by atoms with Crippen LogP contribution < -0.4 is 10.6 Å². The minimum absolute atomic E-state index is 0.272. The number of aliphatic hydroxyl groups is 1. The van der Waals surface area contributed by atoms with E-state index in [4.69, 9.17) is 0 Å². The van der Waals surface area contributed by atoms with Crippen molar-refractivity contribution in [3.8, 4) is 0 Å². The Balaban J connectivity index is 1.62. The number of carbonyl (C=O) groups is 1. The van der Waals surface area contributed by atoms with Gasteiger partial charge in [0.1, 0.15) is 0 Å². The quantitative estimate of drug-likeness (QED) is 0.793. The zero-order valence-electron chi connectivity index (χ0n) is 13.1. The second-order valence-corrected chi connectivity index (χ2v) is 6.21. The Morgan fingerprint density at radius 1 is 1.04 bits per heavy atom. The highest BCUT2D eigenvalue weighted by Gasteiger charge is 2.34. The maximum atomic E-state index is 12.1. The van der Waals surface area contributed by atoms with E-state index < -0.39 is 5.60 Å². The number of nitrogens with one attached hydrogen (secondary N) is 2. The molecular weight excluding hydrogens is 288 g/mol. The van der Waals surface area contributed by atoms with Gasteiger partial charge >= 0.3 is 6.03 Å². The van der Waals surface area contributed by atoms with E-state index >= 15 is 0 Å². The fourth-order valence-electron chi connectivity index (χ4n) is 2.79. The lowest BCUT2D eigenvalue weighted by atomic mass is 9.80. The maximum Gasteiger partial charge on any atom is 0.319 e. The van der Waals surface area contributed by atoms with Crippen LogP contribution in [-0.2, 0) is 6.42 Å². The molecule has 0 radical (unpaired) electrons. The number of rotatable bonds is 5. The SMILES string of the molecule is O=C(NCC1(O)CCC1)Nc1ccccc1Cc1ccccc1. The molecule has 0 bridgehead atoms. The third-order valence-corrected chi connectivity index (χ3v) is 4.37. The summed E-state index contributed by atoms with van der Waals surface area (Å²) in [5.74, 6) is 0. The largest absolute Gasteiger partial charge is 0.388 e. The molecule has 0 spiro atoms. The zero-order valence-corrected chi connectivity index (χ0v) is 13.1. The molecule has 4 heteroatoms. The number of hydrogen-bond donors (Lipinski definition) is 3. The van der Waals surface area contributed by atoms with Gasteiger partial charge in [-0.25, -0.2) is 4.79 Å². The van der Waals surface area contributed by atoms with Crippen LogP contribution in [0.2, 0.25) is 0 Å². The number of para-hydroxylation sites is 1. The van der Waals surface area contributed by atoms with E-state index in [-0.39, 0.29) is 6.03 Å². The highest BCUT2D eigenvalue weighted by molar-refractivity contribution is 5.90. The van der Waals surface area contributed by atoms with E-state index in [0.29, 0.717) is 6.54 Å². The molecule has 23 heavy (non-hydrogen) atoms. The number of benzene rings is 2. The topological polar surface area (TPSA) is 61.4 Å². The minimum atomic E-state index is -0.707. The van der Waals surface area contributed by atoms with Gasteiger partial charge in [-0.1, -0.05) is 48.5 Å². The third kappa shape index (κ3) is 4.11. The highest BCUT2D eigenvalue weighted by Crippen LogP contribution is 2.30. The molecule has 2 aromatic carbocycles. The van der Waals surface area contributed by atoms with Gasteiger partial charge in [-0.2, -0.15) is 0 Å². The van der Waals surface area contributed by atoms with E-state index in [1.807, 2.05) is 42.5 Å². The van der Waals surface area contributed by atoms with E-state index in [1.54, 1.807) is 0 Å². The molecule has 0 unspecified atom stereocenters. The first-order valence-electron chi connectivity index (χ1n) is 8.04. The third-order valence-electron chi connectivity index (χ3n) is 4.37. The summed E-state index contributed by atoms with van der Waals surface area (Å²) in [5.41, 5.74) is 2.36. The molecule has 2 amide bonds. The van der Waals surface area contributed by atoms with Crippen LogP contribution in [0.5, 0.6) is 0 Å². The summed E-state index contributed by atoms with van der Waals surface area (Å²) < 4.78 is 0. The van der Waals surface area contributed by atoms with Crippen LogP contribution in [0, 0.1) is 0 Å². The van der Waals surface area contributed by atoms with Crippen molar-refractivity contribution in [2.75, 3.05) is 11.9 Å². The molecule has 1 saturated carbocycles. The van der Waals surface area contributed by atoms with E-state index in [0.717, 1.165) is 36.9 Å². The predicted molar refractivity (Wildman–Crippen MR) is 91.5 cm³/mol. The Labute approximate surface area is 136 Å². The average molecular weight is 310 g/mol. The van der Waals surface area contributed by atoms with Crippen LogP contribution >= 0.6 is 0 Å². The zero-order chi connectivity index (χ0) is 16.1. The van der Waals surface area contributed by atoms with Crippen LogP contribution in [0.15, 0.2) is 54.6 Å². The lowest BCUT2D eigenvalue weighted by molar-refractivity contribution is -0.0287. The molecule has 0 saturated heterocycles. The first-order valence-corrected chi connectivity index (χ1v) is 8.04. The highest BCUT2D eigenvalue weighted by atomic mass is 16.3. The van der Waals surface area contributed by atoms with Crippen molar-refractivity contribution in [2.24, 2.45) is 0 Å². The molecule has 0 aromatic heterocycles. The van der Waals surface area contributed by atoms with Gasteiger partial charge in [0.2, 0.25) is 0 Å². The Kier molecular flexibility index (Phi) is 4.63. The second-order valence-electron chi connectivity index (χ2n) is 6.21. The van der Waals surface area contributed by atoms with Crippen LogP contribution in [-0.4, -0.2) is 23.3 Å². The molecular formula is C19H22N2O2. The molecule has 0 atom stereocenters. The summed E-state index contributed by atoms with van der Waals surface area (Å²) in [6.45, 7) is 0.305. The van der Waals surface area contributed by atoms with Gasteiger partial charge in [-0.15, -0.1) is 0 Å². The Morgan fingerprint density at radius 3 is 2.43 bits per heavy atom. The summed E-state index contributed by atoms with van der Waals surface area (Å²) in [6, 6.07) is 17.7. The van der Waals surface area contributed by atoms with E-state index in [9.17, 15) is 9.90 Å². The van der Waals surface area contributed by atoms with Crippen LogP contribution in [0.25, 0.3) is 0 Å². The smallest absolute Gasteiger partial charge is 0.319 e. The Hall–Kier alpha value is -2.33. The monoisotopic (exact) mass is 310 g/mol. The molecule has 0 heterocycles. The molecule has 2 aromatic rings. The molecule has 0 aliphatic heterocycles.